The van der Waals surface area contributed by atoms with Gasteiger partial charge in [0.2, 0.25) is 0 Å². The van der Waals surface area contributed by atoms with E-state index in [1.807, 2.05) is 0 Å². The molecular formula is C18H27NO. The zero-order valence-electron chi connectivity index (χ0n) is 13.8. The van der Waals surface area contributed by atoms with E-state index in [0.717, 1.165) is 17.7 Å². The van der Waals surface area contributed by atoms with Gasteiger partial charge in [-0.3, -0.25) is 0 Å². The lowest BCUT2D eigenvalue weighted by molar-refractivity contribution is 0.129. The number of rotatable bonds is 2. The Labute approximate surface area is 122 Å². The molecule has 0 aliphatic rings. The van der Waals surface area contributed by atoms with Gasteiger partial charge in [-0.2, -0.15) is 0 Å². The van der Waals surface area contributed by atoms with Gasteiger partial charge in [-0.25, -0.2) is 0 Å². The Morgan fingerprint density at radius 1 is 1.00 bits per heavy atom. The lowest BCUT2D eigenvalue weighted by Gasteiger charge is -2.23. The number of hydrogen-bond acceptors (Lipinski definition) is 1. The molecule has 0 bridgehead atoms. The molecule has 0 radical (unpaired) electrons. The first-order valence-electron chi connectivity index (χ1n) is 7.45. The largest absolute Gasteiger partial charge is 0.488 e. The molecule has 0 unspecified atom stereocenters. The van der Waals surface area contributed by atoms with Gasteiger partial charge in [0.05, 0.1) is 0 Å². The number of H-pyrrole nitrogens is 1. The first-order valence-corrected chi connectivity index (χ1v) is 7.45. The second kappa shape index (κ2) is 4.83. The van der Waals surface area contributed by atoms with Crippen LogP contribution in [-0.2, 0) is 11.8 Å². The van der Waals surface area contributed by atoms with E-state index in [0.29, 0.717) is 0 Å². The molecule has 0 spiro atoms. The van der Waals surface area contributed by atoms with Gasteiger partial charge in [0, 0.05) is 28.1 Å². The van der Waals surface area contributed by atoms with E-state index in [1.165, 1.54) is 16.6 Å². The van der Waals surface area contributed by atoms with Gasteiger partial charge >= 0.3 is 0 Å². The smallest absolute Gasteiger partial charge is 0.125 e. The minimum atomic E-state index is -0.170. The molecule has 0 fully saturated rings. The summed E-state index contributed by atoms with van der Waals surface area (Å²) < 4.78 is 6.11. The Morgan fingerprint density at radius 3 is 2.15 bits per heavy atom. The molecule has 110 valence electrons. The quantitative estimate of drug-likeness (QED) is 0.798. The fraction of sp³-hybridized carbons (Fsp3) is 0.556. The maximum Gasteiger partial charge on any atom is 0.125 e. The van der Waals surface area contributed by atoms with Gasteiger partial charge in [-0.15, -0.1) is 0 Å². The average Bonchev–Trinajstić information content (AvgIpc) is 2.68. The zero-order valence-corrected chi connectivity index (χ0v) is 13.8. The summed E-state index contributed by atoms with van der Waals surface area (Å²) in [6.45, 7) is 15.1. The second-order valence-corrected chi connectivity index (χ2v) is 7.55. The number of aryl methyl sites for hydroxylation is 1. The third-order valence-corrected chi connectivity index (χ3v) is 3.41. The van der Waals surface area contributed by atoms with Crippen LogP contribution in [0.1, 0.15) is 59.7 Å². The minimum absolute atomic E-state index is 0.135. The maximum atomic E-state index is 6.11. The molecule has 1 N–H and O–H groups in total. The Bertz CT molecular complexity index is 609. The van der Waals surface area contributed by atoms with Gasteiger partial charge in [0.25, 0.3) is 0 Å². The first kappa shape index (κ1) is 15.0. The number of aromatic nitrogens is 1. The first-order chi connectivity index (χ1) is 9.10. The van der Waals surface area contributed by atoms with Crippen molar-refractivity contribution in [1.82, 2.24) is 4.98 Å². The SMILES string of the molecule is CCc1cc2cc(C(C)(C)C)[nH]c2cc1OC(C)(C)C. The van der Waals surface area contributed by atoms with E-state index in [-0.39, 0.29) is 11.0 Å². The summed E-state index contributed by atoms with van der Waals surface area (Å²) in [6, 6.07) is 6.66. The van der Waals surface area contributed by atoms with Gasteiger partial charge in [0.1, 0.15) is 11.4 Å². The monoisotopic (exact) mass is 273 g/mol. The number of benzene rings is 1. The van der Waals surface area contributed by atoms with Crippen LogP contribution in [0.4, 0.5) is 0 Å². The standard InChI is InChI=1S/C18H27NO/c1-8-12-9-13-10-16(17(2,3)4)19-14(13)11-15(12)20-18(5,6)7/h9-11,19H,8H2,1-7H3. The summed E-state index contributed by atoms with van der Waals surface area (Å²) in [4.78, 5) is 3.53. The number of fused-ring (bicyclic) bond motifs is 1. The van der Waals surface area contributed by atoms with Crippen LogP contribution in [0.25, 0.3) is 10.9 Å². The van der Waals surface area contributed by atoms with E-state index in [9.17, 15) is 0 Å². The number of aromatic amines is 1. The van der Waals surface area contributed by atoms with Crippen LogP contribution in [0.3, 0.4) is 0 Å². The summed E-state index contributed by atoms with van der Waals surface area (Å²) in [5.41, 5.74) is 3.66. The molecule has 0 atom stereocenters. The van der Waals surface area contributed by atoms with Crippen molar-refractivity contribution in [2.45, 2.75) is 65.9 Å². The molecule has 0 aliphatic carbocycles. The van der Waals surface area contributed by atoms with Gasteiger partial charge < -0.3 is 9.72 Å². The second-order valence-electron chi connectivity index (χ2n) is 7.55. The molecule has 20 heavy (non-hydrogen) atoms. The fourth-order valence-electron chi connectivity index (χ4n) is 2.31. The van der Waals surface area contributed by atoms with E-state index < -0.39 is 0 Å². The topological polar surface area (TPSA) is 25.0 Å². The number of nitrogens with one attached hydrogen (secondary N) is 1. The van der Waals surface area contributed by atoms with E-state index in [2.05, 4.69) is 71.6 Å². The molecule has 1 aromatic heterocycles. The molecule has 1 aromatic carbocycles. The van der Waals surface area contributed by atoms with Crippen LogP contribution < -0.4 is 4.74 Å². The summed E-state index contributed by atoms with van der Waals surface area (Å²) in [5.74, 6) is 0.995. The van der Waals surface area contributed by atoms with E-state index in [4.69, 9.17) is 4.74 Å². The summed E-state index contributed by atoms with van der Waals surface area (Å²) in [6.07, 6.45) is 0.984. The minimum Gasteiger partial charge on any atom is -0.488 e. The van der Waals surface area contributed by atoms with Crippen molar-refractivity contribution >= 4 is 10.9 Å². The Balaban J connectivity index is 2.54. The van der Waals surface area contributed by atoms with Gasteiger partial charge in [0.15, 0.2) is 0 Å². The molecule has 2 nitrogen and oxygen atoms in total. The Kier molecular flexibility index (Phi) is 3.62. The normalized spacial score (nSPS) is 12.9. The molecule has 0 saturated heterocycles. The summed E-state index contributed by atoms with van der Waals surface area (Å²) in [7, 11) is 0. The third kappa shape index (κ3) is 3.17. The van der Waals surface area contributed by atoms with Gasteiger partial charge in [-0.1, -0.05) is 27.7 Å². The van der Waals surface area contributed by atoms with Crippen molar-refractivity contribution in [3.63, 3.8) is 0 Å². The molecule has 2 heteroatoms. The number of hydrogen-bond donors (Lipinski definition) is 1. The van der Waals surface area contributed by atoms with Crippen molar-refractivity contribution < 1.29 is 4.74 Å². The Hall–Kier alpha value is -1.44. The number of ether oxygens (including phenoxy) is 1. The van der Waals surface area contributed by atoms with E-state index >= 15 is 0 Å². The molecular weight excluding hydrogens is 246 g/mol. The van der Waals surface area contributed by atoms with Crippen LogP contribution in [0.5, 0.6) is 5.75 Å². The Morgan fingerprint density at radius 2 is 1.65 bits per heavy atom. The predicted molar refractivity (Wildman–Crippen MR) is 86.8 cm³/mol. The van der Waals surface area contributed by atoms with Crippen molar-refractivity contribution in [3.8, 4) is 5.75 Å². The summed E-state index contributed by atoms with van der Waals surface area (Å²) >= 11 is 0. The lowest BCUT2D eigenvalue weighted by Crippen LogP contribution is -2.23. The predicted octanol–water partition coefficient (Wildman–Crippen LogP) is 5.21. The summed E-state index contributed by atoms with van der Waals surface area (Å²) in [5, 5.41) is 1.27. The van der Waals surface area contributed by atoms with Gasteiger partial charge in [-0.05, 0) is 44.9 Å². The molecule has 2 aromatic rings. The van der Waals surface area contributed by atoms with Crippen molar-refractivity contribution in [3.05, 3.63) is 29.5 Å². The molecule has 0 aliphatic heterocycles. The maximum absolute atomic E-state index is 6.11. The zero-order chi connectivity index (χ0) is 15.1. The lowest BCUT2D eigenvalue weighted by atomic mass is 9.92. The van der Waals surface area contributed by atoms with Crippen molar-refractivity contribution in [2.24, 2.45) is 0 Å². The average molecular weight is 273 g/mol. The highest BCUT2D eigenvalue weighted by molar-refractivity contribution is 5.83. The van der Waals surface area contributed by atoms with Crippen LogP contribution >= 0.6 is 0 Å². The molecule has 1 heterocycles. The molecule has 0 amide bonds. The van der Waals surface area contributed by atoms with Crippen LogP contribution in [0.2, 0.25) is 0 Å². The van der Waals surface area contributed by atoms with Crippen LogP contribution in [0, 0.1) is 0 Å². The molecule has 0 saturated carbocycles. The highest BCUT2D eigenvalue weighted by atomic mass is 16.5. The van der Waals surface area contributed by atoms with Crippen LogP contribution in [0.15, 0.2) is 18.2 Å². The van der Waals surface area contributed by atoms with E-state index in [1.54, 1.807) is 0 Å². The van der Waals surface area contributed by atoms with Crippen molar-refractivity contribution in [1.29, 1.82) is 0 Å². The third-order valence-electron chi connectivity index (χ3n) is 3.41. The molecule has 2 rings (SSSR count). The fourth-order valence-corrected chi connectivity index (χ4v) is 2.31. The van der Waals surface area contributed by atoms with Crippen LogP contribution in [-0.4, -0.2) is 10.6 Å². The highest BCUT2D eigenvalue weighted by Crippen LogP contribution is 2.32. The highest BCUT2D eigenvalue weighted by Gasteiger charge is 2.19. The van der Waals surface area contributed by atoms with Crippen molar-refractivity contribution in [2.75, 3.05) is 0 Å².